The van der Waals surface area contributed by atoms with Crippen molar-refractivity contribution in [2.24, 2.45) is 0 Å². The second-order valence-corrected chi connectivity index (χ2v) is 2.95. The van der Waals surface area contributed by atoms with Crippen LogP contribution in [0, 0.1) is 0 Å². The number of hydrogen-bond donors (Lipinski definition) is 1. The molecule has 0 aliphatic heterocycles. The minimum absolute atomic E-state index is 0.00704. The Labute approximate surface area is 87.2 Å². The number of carboxylic acid groups (broad SMARTS) is 1. The van der Waals surface area contributed by atoms with Gasteiger partial charge in [0.25, 0.3) is 0 Å². The molecule has 1 aromatic heterocycles. The Morgan fingerprint density at radius 1 is 1.53 bits per heavy atom. The van der Waals surface area contributed by atoms with Crippen molar-refractivity contribution in [3.05, 3.63) is 11.7 Å². The Morgan fingerprint density at radius 2 is 2.33 bits per heavy atom. The van der Waals surface area contributed by atoms with Crippen molar-refractivity contribution in [1.82, 2.24) is 10.1 Å². The van der Waals surface area contributed by atoms with Crippen molar-refractivity contribution >= 4 is 5.97 Å². The van der Waals surface area contributed by atoms with Crippen molar-refractivity contribution in [3.8, 4) is 0 Å². The first kappa shape index (κ1) is 11.6. The van der Waals surface area contributed by atoms with Gasteiger partial charge in [-0.15, -0.1) is 0 Å². The number of ether oxygens (including phenoxy) is 1. The van der Waals surface area contributed by atoms with Gasteiger partial charge in [-0.1, -0.05) is 5.16 Å². The summed E-state index contributed by atoms with van der Waals surface area (Å²) in [4.78, 5) is 14.3. The van der Waals surface area contributed by atoms with Crippen molar-refractivity contribution in [1.29, 1.82) is 0 Å². The molecule has 0 atom stereocenters. The molecule has 0 radical (unpaired) electrons. The third kappa shape index (κ3) is 4.55. The van der Waals surface area contributed by atoms with Crippen molar-refractivity contribution in [2.75, 3.05) is 13.2 Å². The van der Waals surface area contributed by atoms with Crippen LogP contribution >= 0.6 is 0 Å². The Morgan fingerprint density at radius 3 is 3.00 bits per heavy atom. The van der Waals surface area contributed by atoms with Crippen LogP contribution in [-0.4, -0.2) is 34.4 Å². The number of aryl methyl sites for hydroxylation is 1. The van der Waals surface area contributed by atoms with E-state index in [1.165, 1.54) is 0 Å². The average Bonchev–Trinajstić information content (AvgIpc) is 2.63. The molecule has 0 spiro atoms. The zero-order valence-corrected chi connectivity index (χ0v) is 8.60. The molecule has 0 fully saturated rings. The van der Waals surface area contributed by atoms with E-state index in [1.54, 1.807) is 0 Å². The number of aliphatic carboxylic acids is 1. The van der Waals surface area contributed by atoms with Crippen molar-refractivity contribution in [2.45, 2.75) is 26.2 Å². The van der Waals surface area contributed by atoms with Gasteiger partial charge in [-0.3, -0.25) is 4.79 Å². The van der Waals surface area contributed by atoms with Gasteiger partial charge in [0.05, 0.1) is 13.0 Å². The van der Waals surface area contributed by atoms with Crippen molar-refractivity contribution < 1.29 is 19.2 Å². The van der Waals surface area contributed by atoms with E-state index in [0.29, 0.717) is 31.3 Å². The number of aromatic nitrogens is 2. The maximum Gasteiger partial charge on any atom is 0.303 e. The molecule has 6 heteroatoms. The van der Waals surface area contributed by atoms with Gasteiger partial charge in [-0.2, -0.15) is 4.98 Å². The summed E-state index contributed by atoms with van der Waals surface area (Å²) < 4.78 is 9.99. The third-order valence-corrected chi connectivity index (χ3v) is 1.74. The molecule has 15 heavy (non-hydrogen) atoms. The smallest absolute Gasteiger partial charge is 0.303 e. The highest BCUT2D eigenvalue weighted by Gasteiger charge is 2.07. The molecule has 0 aromatic carbocycles. The summed E-state index contributed by atoms with van der Waals surface area (Å²) in [6.07, 6.45) is 0.870. The molecular weight excluding hydrogens is 200 g/mol. The van der Waals surface area contributed by atoms with Gasteiger partial charge in [-0.25, -0.2) is 0 Å². The normalized spacial score (nSPS) is 10.5. The first-order valence-corrected chi connectivity index (χ1v) is 4.83. The van der Waals surface area contributed by atoms with Crippen LogP contribution in [0.2, 0.25) is 0 Å². The van der Waals surface area contributed by atoms with E-state index in [0.717, 1.165) is 0 Å². The first-order valence-electron chi connectivity index (χ1n) is 4.83. The largest absolute Gasteiger partial charge is 0.481 e. The maximum atomic E-state index is 10.3. The van der Waals surface area contributed by atoms with Gasteiger partial charge in [0.1, 0.15) is 0 Å². The van der Waals surface area contributed by atoms with Gasteiger partial charge in [0, 0.05) is 19.4 Å². The molecule has 1 heterocycles. The van der Waals surface area contributed by atoms with Crippen LogP contribution < -0.4 is 0 Å². The summed E-state index contributed by atoms with van der Waals surface area (Å²) in [5.74, 6) is 0.0526. The molecule has 84 valence electrons. The quantitative estimate of drug-likeness (QED) is 0.671. The topological polar surface area (TPSA) is 85.5 Å². The number of hydrogen-bond acceptors (Lipinski definition) is 5. The van der Waals surface area contributed by atoms with E-state index in [4.69, 9.17) is 14.4 Å². The average molecular weight is 214 g/mol. The summed E-state index contributed by atoms with van der Waals surface area (Å²) in [6, 6.07) is 0. The maximum absolute atomic E-state index is 10.3. The zero-order chi connectivity index (χ0) is 11.1. The van der Waals surface area contributed by atoms with E-state index in [9.17, 15) is 4.79 Å². The monoisotopic (exact) mass is 214 g/mol. The molecule has 0 bridgehead atoms. The van der Waals surface area contributed by atoms with Gasteiger partial charge in [0.15, 0.2) is 5.82 Å². The summed E-state index contributed by atoms with van der Waals surface area (Å²) in [5.41, 5.74) is 0. The Kier molecular flexibility index (Phi) is 4.76. The number of carboxylic acids is 1. The Bertz CT molecular complexity index is 311. The lowest BCUT2D eigenvalue weighted by atomic mass is 10.3. The number of carbonyl (C=O) groups is 1. The summed E-state index contributed by atoms with van der Waals surface area (Å²) in [5, 5.41) is 12.2. The van der Waals surface area contributed by atoms with E-state index in [2.05, 4.69) is 10.1 Å². The van der Waals surface area contributed by atoms with E-state index in [-0.39, 0.29) is 12.8 Å². The van der Waals surface area contributed by atoms with Gasteiger partial charge in [-0.05, 0) is 6.92 Å². The lowest BCUT2D eigenvalue weighted by Crippen LogP contribution is -2.00. The standard InChI is InChI=1S/C9H14N2O4/c1-2-14-6-5-7-10-8(15-11-7)3-4-9(12)13/h2-6H2,1H3,(H,12,13). The molecule has 0 saturated carbocycles. The lowest BCUT2D eigenvalue weighted by Gasteiger charge is -1.94. The molecule has 0 aliphatic carbocycles. The van der Waals surface area contributed by atoms with Crippen LogP contribution in [0.15, 0.2) is 4.52 Å². The minimum Gasteiger partial charge on any atom is -0.481 e. The Hall–Kier alpha value is -1.43. The molecule has 6 nitrogen and oxygen atoms in total. The molecule has 0 saturated heterocycles. The fraction of sp³-hybridized carbons (Fsp3) is 0.667. The second-order valence-electron chi connectivity index (χ2n) is 2.95. The molecule has 0 aliphatic rings. The highest BCUT2D eigenvalue weighted by Crippen LogP contribution is 2.01. The summed E-state index contributed by atoms with van der Waals surface area (Å²) in [6.45, 7) is 3.12. The summed E-state index contributed by atoms with van der Waals surface area (Å²) >= 11 is 0. The fourth-order valence-corrected chi connectivity index (χ4v) is 1.01. The first-order chi connectivity index (χ1) is 7.22. The number of nitrogens with zero attached hydrogens (tertiary/aromatic N) is 2. The van der Waals surface area contributed by atoms with E-state index < -0.39 is 5.97 Å². The summed E-state index contributed by atoms with van der Waals surface area (Å²) in [7, 11) is 0. The molecular formula is C9H14N2O4. The third-order valence-electron chi connectivity index (χ3n) is 1.74. The van der Waals surface area contributed by atoms with Crippen LogP contribution in [0.3, 0.4) is 0 Å². The van der Waals surface area contributed by atoms with Crippen LogP contribution in [0.1, 0.15) is 25.1 Å². The van der Waals surface area contributed by atoms with Crippen LogP contribution in [0.25, 0.3) is 0 Å². The second kappa shape index (κ2) is 6.13. The van der Waals surface area contributed by atoms with E-state index in [1.807, 2.05) is 6.92 Å². The highest BCUT2D eigenvalue weighted by atomic mass is 16.5. The van der Waals surface area contributed by atoms with Gasteiger partial charge in [0.2, 0.25) is 5.89 Å². The number of rotatable bonds is 7. The fourth-order valence-electron chi connectivity index (χ4n) is 1.01. The van der Waals surface area contributed by atoms with Crippen molar-refractivity contribution in [3.63, 3.8) is 0 Å². The molecule has 1 rings (SSSR count). The highest BCUT2D eigenvalue weighted by molar-refractivity contribution is 5.66. The molecule has 1 N–H and O–H groups in total. The molecule has 1 aromatic rings. The molecule has 0 amide bonds. The van der Waals surface area contributed by atoms with Crippen LogP contribution in [0.4, 0.5) is 0 Å². The van der Waals surface area contributed by atoms with Crippen LogP contribution in [0.5, 0.6) is 0 Å². The van der Waals surface area contributed by atoms with Crippen LogP contribution in [-0.2, 0) is 22.4 Å². The predicted molar refractivity (Wildman–Crippen MR) is 50.5 cm³/mol. The zero-order valence-electron chi connectivity index (χ0n) is 8.60. The SMILES string of the molecule is CCOCCc1noc(CCC(=O)O)n1. The van der Waals surface area contributed by atoms with Gasteiger partial charge < -0.3 is 14.4 Å². The predicted octanol–water partition coefficient (Wildman–Crippen LogP) is 0.666. The van der Waals surface area contributed by atoms with Gasteiger partial charge >= 0.3 is 5.97 Å². The Balaban J connectivity index is 2.32. The molecule has 0 unspecified atom stereocenters. The van der Waals surface area contributed by atoms with E-state index >= 15 is 0 Å². The minimum atomic E-state index is -0.871. The lowest BCUT2D eigenvalue weighted by molar-refractivity contribution is -0.137.